The Kier molecular flexibility index (Phi) is 4.98. The highest BCUT2D eigenvalue weighted by molar-refractivity contribution is 9.10. The number of hydrogen-bond donors (Lipinski definition) is 1. The van der Waals surface area contributed by atoms with Crippen molar-refractivity contribution >= 4 is 45.3 Å². The fourth-order valence-corrected chi connectivity index (χ4v) is 2.69. The molecule has 0 aliphatic carbocycles. The third kappa shape index (κ3) is 3.62. The van der Waals surface area contributed by atoms with Gasteiger partial charge in [0.2, 0.25) is 0 Å². The number of aliphatic imine (C=N–C) groups is 1. The number of thioether (sulfide) groups is 1. The number of benzene rings is 2. The van der Waals surface area contributed by atoms with E-state index in [0.717, 1.165) is 10.6 Å². The Balaban J connectivity index is 2.43. The molecule has 0 fully saturated rings. The van der Waals surface area contributed by atoms with E-state index in [9.17, 15) is 15.2 Å². The van der Waals surface area contributed by atoms with E-state index in [2.05, 4.69) is 20.9 Å². The minimum atomic E-state index is -0.516. The maximum Gasteiger partial charge on any atom is 0.271 e. The number of phenolic OH excluding ortho intramolecular Hbond substituents is 1. The minimum absolute atomic E-state index is 0.0778. The van der Waals surface area contributed by atoms with E-state index < -0.39 is 4.92 Å². The van der Waals surface area contributed by atoms with Gasteiger partial charge in [0.25, 0.3) is 5.69 Å². The predicted octanol–water partition coefficient (Wildman–Crippen LogP) is 4.54. The Bertz CT molecular complexity index is 719. The fraction of sp³-hybridized carbons (Fsp3) is 0.0714. The van der Waals surface area contributed by atoms with Crippen LogP contribution in [0.4, 0.5) is 11.4 Å². The van der Waals surface area contributed by atoms with Gasteiger partial charge in [-0.2, -0.15) is 0 Å². The smallest absolute Gasteiger partial charge is 0.271 e. The number of para-hydroxylation sites is 1. The second-order valence-electron chi connectivity index (χ2n) is 4.05. The van der Waals surface area contributed by atoms with E-state index in [4.69, 9.17) is 0 Å². The molecule has 0 aromatic heterocycles. The van der Waals surface area contributed by atoms with Crippen LogP contribution < -0.4 is 0 Å². The molecule has 21 heavy (non-hydrogen) atoms. The highest BCUT2D eigenvalue weighted by Gasteiger charge is 2.13. The second-order valence-corrected chi connectivity index (χ2v) is 5.75. The molecule has 0 saturated carbocycles. The molecule has 0 amide bonds. The molecule has 0 aliphatic heterocycles. The second kappa shape index (κ2) is 6.73. The minimum Gasteiger partial charge on any atom is -0.506 e. The van der Waals surface area contributed by atoms with Crippen LogP contribution in [-0.2, 0) is 0 Å². The van der Waals surface area contributed by atoms with Gasteiger partial charge in [-0.05, 0) is 34.3 Å². The summed E-state index contributed by atoms with van der Waals surface area (Å²) in [7, 11) is 0. The van der Waals surface area contributed by atoms with Crippen LogP contribution in [-0.4, -0.2) is 22.5 Å². The molecule has 0 heterocycles. The number of nitro benzene ring substituents is 1. The van der Waals surface area contributed by atoms with Crippen molar-refractivity contribution in [1.29, 1.82) is 0 Å². The van der Waals surface area contributed by atoms with Crippen molar-refractivity contribution < 1.29 is 10.0 Å². The van der Waals surface area contributed by atoms with Gasteiger partial charge in [0.1, 0.15) is 5.75 Å². The average molecular weight is 367 g/mol. The Morgan fingerprint density at radius 1 is 1.38 bits per heavy atom. The van der Waals surface area contributed by atoms with E-state index in [-0.39, 0.29) is 21.5 Å². The first-order valence-electron chi connectivity index (χ1n) is 5.87. The summed E-state index contributed by atoms with van der Waals surface area (Å²) in [5.74, 6) is -0.0778. The van der Waals surface area contributed by atoms with Gasteiger partial charge in [-0.1, -0.05) is 12.1 Å². The Morgan fingerprint density at radius 3 is 2.76 bits per heavy atom. The first kappa shape index (κ1) is 15.5. The number of nitro groups is 1. The largest absolute Gasteiger partial charge is 0.506 e. The molecule has 0 aliphatic rings. The molecular formula is C14H11BrN2O3S. The molecule has 0 unspecified atom stereocenters. The van der Waals surface area contributed by atoms with E-state index in [1.165, 1.54) is 18.3 Å². The summed E-state index contributed by atoms with van der Waals surface area (Å²) in [5.41, 5.74) is 0.915. The molecular weight excluding hydrogens is 356 g/mol. The molecule has 0 radical (unpaired) electrons. The van der Waals surface area contributed by atoms with Crippen molar-refractivity contribution in [2.45, 2.75) is 4.90 Å². The molecule has 5 nitrogen and oxygen atoms in total. The molecule has 0 saturated heterocycles. The fourth-order valence-electron chi connectivity index (χ4n) is 1.68. The monoisotopic (exact) mass is 366 g/mol. The Labute approximate surface area is 134 Å². The zero-order valence-electron chi connectivity index (χ0n) is 11.0. The van der Waals surface area contributed by atoms with Crippen molar-refractivity contribution in [3.63, 3.8) is 0 Å². The van der Waals surface area contributed by atoms with Crippen LogP contribution in [0, 0.1) is 10.1 Å². The quantitative estimate of drug-likeness (QED) is 0.373. The summed E-state index contributed by atoms with van der Waals surface area (Å²) in [6.45, 7) is 0. The van der Waals surface area contributed by atoms with Crippen molar-refractivity contribution in [2.75, 3.05) is 6.26 Å². The zero-order valence-corrected chi connectivity index (χ0v) is 13.4. The molecule has 0 atom stereocenters. The molecule has 0 spiro atoms. The van der Waals surface area contributed by atoms with Crippen LogP contribution in [0.15, 0.2) is 50.8 Å². The van der Waals surface area contributed by atoms with Gasteiger partial charge in [-0.25, -0.2) is 0 Å². The van der Waals surface area contributed by atoms with Gasteiger partial charge in [0, 0.05) is 28.8 Å². The molecule has 1 N–H and O–H groups in total. The molecule has 2 aromatic rings. The lowest BCUT2D eigenvalue weighted by Gasteiger charge is -2.03. The van der Waals surface area contributed by atoms with Crippen molar-refractivity contribution in [3.05, 3.63) is 56.5 Å². The number of phenols is 1. The van der Waals surface area contributed by atoms with Crippen LogP contribution in [0.1, 0.15) is 5.56 Å². The summed E-state index contributed by atoms with van der Waals surface area (Å²) < 4.78 is 0.260. The molecule has 0 bridgehead atoms. The van der Waals surface area contributed by atoms with Gasteiger partial charge in [-0.15, -0.1) is 11.8 Å². The number of rotatable bonds is 4. The van der Waals surface area contributed by atoms with E-state index in [0.29, 0.717) is 0 Å². The Hall–Kier alpha value is -1.86. The lowest BCUT2D eigenvalue weighted by molar-refractivity contribution is -0.385. The van der Waals surface area contributed by atoms with Gasteiger partial charge in [0.05, 0.1) is 15.1 Å². The number of aromatic hydroxyl groups is 1. The van der Waals surface area contributed by atoms with Gasteiger partial charge >= 0.3 is 0 Å². The first-order chi connectivity index (χ1) is 10.0. The zero-order chi connectivity index (χ0) is 15.4. The number of hydrogen-bond acceptors (Lipinski definition) is 5. The number of nitrogens with zero attached hydrogens (tertiary/aromatic N) is 2. The molecule has 7 heteroatoms. The van der Waals surface area contributed by atoms with Crippen LogP contribution in [0.5, 0.6) is 5.75 Å². The molecule has 108 valence electrons. The maximum absolute atomic E-state index is 10.8. The third-order valence-corrected chi connectivity index (χ3v) is 4.11. The lowest BCUT2D eigenvalue weighted by Crippen LogP contribution is -1.91. The SMILES string of the molecule is CSc1ccccc1N=Cc1cc([N+](=O)[O-])cc(Br)c1O. The maximum atomic E-state index is 10.8. The lowest BCUT2D eigenvalue weighted by atomic mass is 10.2. The van der Waals surface area contributed by atoms with Crippen molar-refractivity contribution in [2.24, 2.45) is 4.99 Å². The summed E-state index contributed by atoms with van der Waals surface area (Å²) >= 11 is 4.65. The van der Waals surface area contributed by atoms with Crippen LogP contribution in [0.3, 0.4) is 0 Å². The topological polar surface area (TPSA) is 75.7 Å². The highest BCUT2D eigenvalue weighted by Crippen LogP contribution is 2.32. The summed E-state index contributed by atoms with van der Waals surface area (Å²) in [6, 6.07) is 10.1. The predicted molar refractivity (Wildman–Crippen MR) is 87.9 cm³/mol. The first-order valence-corrected chi connectivity index (χ1v) is 7.88. The summed E-state index contributed by atoms with van der Waals surface area (Å²) in [4.78, 5) is 15.6. The standard InChI is InChI=1S/C14H11BrN2O3S/c1-21-13-5-3-2-4-12(13)16-8-9-6-10(17(19)20)7-11(15)14(9)18/h2-8,18H,1H3. The number of non-ortho nitro benzene ring substituents is 1. The van der Waals surface area contributed by atoms with E-state index >= 15 is 0 Å². The average Bonchev–Trinajstić information content (AvgIpc) is 2.48. The van der Waals surface area contributed by atoms with Gasteiger partial charge in [-0.3, -0.25) is 15.1 Å². The highest BCUT2D eigenvalue weighted by atomic mass is 79.9. The van der Waals surface area contributed by atoms with Gasteiger partial charge in [0.15, 0.2) is 0 Å². The number of halogens is 1. The summed E-state index contributed by atoms with van der Waals surface area (Å²) in [6.07, 6.45) is 3.36. The molecule has 2 rings (SSSR count). The normalized spacial score (nSPS) is 11.0. The van der Waals surface area contributed by atoms with Crippen molar-refractivity contribution in [3.8, 4) is 5.75 Å². The van der Waals surface area contributed by atoms with Gasteiger partial charge < -0.3 is 5.11 Å². The Morgan fingerprint density at radius 2 is 2.10 bits per heavy atom. The summed E-state index contributed by atoms with van der Waals surface area (Å²) in [5, 5.41) is 20.8. The third-order valence-electron chi connectivity index (χ3n) is 2.72. The van der Waals surface area contributed by atoms with Crippen molar-refractivity contribution in [1.82, 2.24) is 0 Å². The van der Waals surface area contributed by atoms with Crippen LogP contribution in [0.25, 0.3) is 0 Å². The van der Waals surface area contributed by atoms with E-state index in [1.807, 2.05) is 30.5 Å². The molecule has 2 aromatic carbocycles. The van der Waals surface area contributed by atoms with E-state index in [1.54, 1.807) is 11.8 Å². The van der Waals surface area contributed by atoms with Crippen LogP contribution in [0.2, 0.25) is 0 Å². The van der Waals surface area contributed by atoms with Crippen LogP contribution >= 0.6 is 27.7 Å².